The van der Waals surface area contributed by atoms with Gasteiger partial charge in [-0.05, 0) is 56.1 Å². The van der Waals surface area contributed by atoms with Crippen LogP contribution in [0.4, 0.5) is 0 Å². The lowest BCUT2D eigenvalue weighted by Gasteiger charge is -2.59. The first-order valence-corrected chi connectivity index (χ1v) is 9.75. The molecule has 3 fully saturated rings. The van der Waals surface area contributed by atoms with E-state index in [2.05, 4.69) is 6.92 Å². The molecule has 0 amide bonds. The molecule has 5 nitrogen and oxygen atoms in total. The quantitative estimate of drug-likeness (QED) is 0.694. The SMILES string of the molecule is CC12C=CC(=O)C=C1CCC1C2C(O)CC2(C)C1CCC2(O)C(=O)CN. The van der Waals surface area contributed by atoms with Crippen molar-refractivity contribution in [2.45, 2.75) is 57.7 Å². The van der Waals surface area contributed by atoms with Crippen molar-refractivity contribution in [3.05, 3.63) is 23.8 Å². The first kappa shape index (κ1) is 18.1. The van der Waals surface area contributed by atoms with Crippen molar-refractivity contribution in [2.24, 2.45) is 34.3 Å². The van der Waals surface area contributed by atoms with Crippen LogP contribution in [0.5, 0.6) is 0 Å². The van der Waals surface area contributed by atoms with Crippen LogP contribution < -0.4 is 5.73 Å². The summed E-state index contributed by atoms with van der Waals surface area (Å²) in [5, 5.41) is 22.4. The third kappa shape index (κ3) is 2.08. The molecule has 0 spiro atoms. The summed E-state index contributed by atoms with van der Waals surface area (Å²) in [7, 11) is 0. The maximum absolute atomic E-state index is 12.5. The molecule has 0 aromatic carbocycles. The van der Waals surface area contributed by atoms with Crippen LogP contribution in [0.3, 0.4) is 0 Å². The molecule has 4 N–H and O–H groups in total. The summed E-state index contributed by atoms with van der Waals surface area (Å²) >= 11 is 0. The van der Waals surface area contributed by atoms with Crippen LogP contribution in [-0.4, -0.2) is 40.0 Å². The Morgan fingerprint density at radius 3 is 2.77 bits per heavy atom. The van der Waals surface area contributed by atoms with Gasteiger partial charge in [-0.3, -0.25) is 9.59 Å². The summed E-state index contributed by atoms with van der Waals surface area (Å²) in [4.78, 5) is 24.3. The van der Waals surface area contributed by atoms with Crippen molar-refractivity contribution in [1.82, 2.24) is 0 Å². The fourth-order valence-electron chi connectivity index (χ4n) is 6.96. The van der Waals surface area contributed by atoms with E-state index >= 15 is 0 Å². The monoisotopic (exact) mass is 359 g/mol. The zero-order valence-electron chi connectivity index (χ0n) is 15.6. The maximum Gasteiger partial charge on any atom is 0.178 e. The van der Waals surface area contributed by atoms with E-state index in [9.17, 15) is 19.8 Å². The first-order valence-electron chi connectivity index (χ1n) is 9.75. The van der Waals surface area contributed by atoms with Gasteiger partial charge in [-0.15, -0.1) is 0 Å². The molecule has 7 atom stereocenters. The number of allylic oxidation sites excluding steroid dienone is 4. The van der Waals surface area contributed by atoms with Gasteiger partial charge in [0.05, 0.1) is 12.6 Å². The molecular formula is C21H29NO4. The van der Waals surface area contributed by atoms with Crippen molar-refractivity contribution in [1.29, 1.82) is 0 Å². The first-order chi connectivity index (χ1) is 12.2. The number of hydrogen-bond acceptors (Lipinski definition) is 5. The van der Waals surface area contributed by atoms with Crippen molar-refractivity contribution >= 4 is 11.6 Å². The summed E-state index contributed by atoms with van der Waals surface area (Å²) in [5.41, 5.74) is 4.29. The molecule has 142 valence electrons. The third-order valence-corrected chi connectivity index (χ3v) is 8.29. The number of carbonyl (C=O) groups is 2. The molecule has 0 aliphatic heterocycles. The minimum atomic E-state index is -1.44. The zero-order valence-corrected chi connectivity index (χ0v) is 15.6. The van der Waals surface area contributed by atoms with E-state index in [1.54, 1.807) is 12.2 Å². The van der Waals surface area contributed by atoms with Crippen LogP contribution in [0, 0.1) is 28.6 Å². The smallest absolute Gasteiger partial charge is 0.178 e. The van der Waals surface area contributed by atoms with Crippen LogP contribution in [0.15, 0.2) is 23.8 Å². The van der Waals surface area contributed by atoms with Crippen molar-refractivity contribution in [3.63, 3.8) is 0 Å². The molecule has 0 aromatic heterocycles. The van der Waals surface area contributed by atoms with Crippen molar-refractivity contribution in [2.75, 3.05) is 6.54 Å². The average molecular weight is 359 g/mol. The molecule has 4 rings (SSSR count). The number of rotatable bonds is 2. The molecular weight excluding hydrogens is 330 g/mol. The highest BCUT2D eigenvalue weighted by molar-refractivity contribution is 6.01. The van der Waals surface area contributed by atoms with Gasteiger partial charge >= 0.3 is 0 Å². The largest absolute Gasteiger partial charge is 0.393 e. The number of hydrogen-bond donors (Lipinski definition) is 3. The minimum Gasteiger partial charge on any atom is -0.393 e. The second-order valence-corrected chi connectivity index (χ2v) is 9.24. The topological polar surface area (TPSA) is 101 Å². The van der Waals surface area contributed by atoms with Crippen molar-refractivity contribution < 1.29 is 19.8 Å². The summed E-state index contributed by atoms with van der Waals surface area (Å²) in [6, 6.07) is 0. The highest BCUT2D eigenvalue weighted by Crippen LogP contribution is 2.66. The van der Waals surface area contributed by atoms with E-state index in [1.807, 2.05) is 13.0 Å². The number of Topliss-reactive ketones (excluding diaryl/α,β-unsaturated/α-hetero) is 1. The van der Waals surface area contributed by atoms with Gasteiger partial charge < -0.3 is 15.9 Å². The Kier molecular flexibility index (Phi) is 3.89. The van der Waals surface area contributed by atoms with Gasteiger partial charge in [-0.25, -0.2) is 0 Å². The number of nitrogens with two attached hydrogens (primary N) is 1. The van der Waals surface area contributed by atoms with Gasteiger partial charge in [0, 0.05) is 16.7 Å². The second-order valence-electron chi connectivity index (χ2n) is 9.24. The summed E-state index contributed by atoms with van der Waals surface area (Å²) in [5.74, 6) is 0.137. The number of fused-ring (bicyclic) bond motifs is 5. The van der Waals surface area contributed by atoms with Gasteiger partial charge in [0.25, 0.3) is 0 Å². The van der Waals surface area contributed by atoms with E-state index in [4.69, 9.17) is 5.73 Å². The Labute approximate surface area is 154 Å². The highest BCUT2D eigenvalue weighted by Gasteiger charge is 2.67. The number of carbonyl (C=O) groups excluding carboxylic acids is 2. The van der Waals surface area contributed by atoms with Gasteiger partial charge in [0.15, 0.2) is 11.6 Å². The molecule has 3 saturated carbocycles. The zero-order chi connectivity index (χ0) is 18.9. The normalized spacial score (nSPS) is 49.9. The third-order valence-electron chi connectivity index (χ3n) is 8.29. The lowest BCUT2D eigenvalue weighted by molar-refractivity contribution is -0.175. The van der Waals surface area contributed by atoms with Crippen LogP contribution >= 0.6 is 0 Å². The fraction of sp³-hybridized carbons (Fsp3) is 0.714. The van der Waals surface area contributed by atoms with E-state index < -0.39 is 17.1 Å². The van der Waals surface area contributed by atoms with Crippen molar-refractivity contribution in [3.8, 4) is 0 Å². The molecule has 0 heterocycles. The molecule has 5 heteroatoms. The molecule has 7 unspecified atom stereocenters. The summed E-state index contributed by atoms with van der Waals surface area (Å²) in [6.07, 6.45) is 8.02. The van der Waals surface area contributed by atoms with E-state index in [-0.39, 0.29) is 41.3 Å². The molecule has 4 aliphatic carbocycles. The molecule has 4 aliphatic rings. The number of ketones is 2. The van der Waals surface area contributed by atoms with Crippen LogP contribution in [0.25, 0.3) is 0 Å². The Balaban J connectivity index is 1.75. The summed E-state index contributed by atoms with van der Waals surface area (Å²) < 4.78 is 0. The Morgan fingerprint density at radius 2 is 2.08 bits per heavy atom. The van der Waals surface area contributed by atoms with Gasteiger partial charge in [0.1, 0.15) is 5.60 Å². The van der Waals surface area contributed by atoms with Gasteiger partial charge in [-0.2, -0.15) is 0 Å². The summed E-state index contributed by atoms with van der Waals surface area (Å²) in [6.45, 7) is 3.92. The standard InChI is InChI=1S/C21H29NO4/c1-19-7-5-13(23)9-12(19)3-4-14-15-6-8-21(26,17(25)11-22)20(15,2)10-16(24)18(14)19/h5,7,9,14-16,18,24,26H,3-4,6,8,10-11,22H2,1-2H3. The Bertz CT molecular complexity index is 728. The lowest BCUT2D eigenvalue weighted by atomic mass is 9.46. The maximum atomic E-state index is 12.5. The second kappa shape index (κ2) is 5.60. The lowest BCUT2D eigenvalue weighted by Crippen LogP contribution is -2.62. The highest BCUT2D eigenvalue weighted by atomic mass is 16.3. The van der Waals surface area contributed by atoms with Gasteiger partial charge in [-0.1, -0.05) is 25.5 Å². The van der Waals surface area contributed by atoms with Crippen LogP contribution in [0.1, 0.15) is 46.0 Å². The predicted molar refractivity (Wildman–Crippen MR) is 97.0 cm³/mol. The molecule has 0 saturated heterocycles. The van der Waals surface area contributed by atoms with Crippen LogP contribution in [0.2, 0.25) is 0 Å². The number of aliphatic hydroxyl groups is 2. The van der Waals surface area contributed by atoms with Gasteiger partial charge in [0.2, 0.25) is 0 Å². The molecule has 0 bridgehead atoms. The van der Waals surface area contributed by atoms with E-state index in [0.717, 1.165) is 24.8 Å². The minimum absolute atomic E-state index is 0.0141. The van der Waals surface area contributed by atoms with E-state index in [0.29, 0.717) is 12.8 Å². The van der Waals surface area contributed by atoms with Crippen LogP contribution in [-0.2, 0) is 9.59 Å². The Morgan fingerprint density at radius 1 is 1.35 bits per heavy atom. The molecule has 26 heavy (non-hydrogen) atoms. The molecule has 0 radical (unpaired) electrons. The van der Waals surface area contributed by atoms with E-state index in [1.165, 1.54) is 0 Å². The Hall–Kier alpha value is -1.30. The fourth-order valence-corrected chi connectivity index (χ4v) is 6.96. The number of aliphatic hydroxyl groups excluding tert-OH is 1. The molecule has 0 aromatic rings. The average Bonchev–Trinajstić information content (AvgIpc) is 2.86. The predicted octanol–water partition coefficient (Wildman–Crippen LogP) is 1.52.